The second kappa shape index (κ2) is 5.90. The van der Waals surface area contributed by atoms with E-state index in [0.29, 0.717) is 11.8 Å². The van der Waals surface area contributed by atoms with Crippen molar-refractivity contribution < 1.29 is 0 Å². The molecule has 1 heterocycles. The first-order valence-electron chi connectivity index (χ1n) is 5.65. The van der Waals surface area contributed by atoms with Crippen molar-refractivity contribution in [2.75, 3.05) is 13.1 Å². The van der Waals surface area contributed by atoms with Gasteiger partial charge in [-0.05, 0) is 55.5 Å². The lowest BCUT2D eigenvalue weighted by Gasteiger charge is -2.30. The van der Waals surface area contributed by atoms with Crippen molar-refractivity contribution in [3.8, 4) is 0 Å². The van der Waals surface area contributed by atoms with Crippen LogP contribution in [0.2, 0.25) is 5.02 Å². The highest BCUT2D eigenvalue weighted by molar-refractivity contribution is 6.31. The minimum Gasteiger partial charge on any atom is -0.316 e. The minimum atomic E-state index is 0. The van der Waals surface area contributed by atoms with Crippen molar-refractivity contribution in [3.05, 3.63) is 34.3 Å². The van der Waals surface area contributed by atoms with Crippen LogP contribution in [0.1, 0.15) is 30.4 Å². The molecular formula is C13H19Cl2N. The van der Waals surface area contributed by atoms with E-state index in [1.54, 1.807) is 0 Å². The number of benzene rings is 1. The van der Waals surface area contributed by atoms with Gasteiger partial charge in [-0.25, -0.2) is 0 Å². The molecule has 16 heavy (non-hydrogen) atoms. The molecule has 1 aliphatic heterocycles. The van der Waals surface area contributed by atoms with Gasteiger partial charge in [0.2, 0.25) is 0 Å². The summed E-state index contributed by atoms with van der Waals surface area (Å²) in [7, 11) is 0. The third kappa shape index (κ3) is 2.91. The van der Waals surface area contributed by atoms with Gasteiger partial charge in [0.15, 0.2) is 0 Å². The minimum absolute atomic E-state index is 0. The Bertz CT molecular complexity index is 352. The largest absolute Gasteiger partial charge is 0.316 e. The van der Waals surface area contributed by atoms with Gasteiger partial charge in [-0.3, -0.25) is 0 Å². The first-order chi connectivity index (χ1) is 7.18. The van der Waals surface area contributed by atoms with E-state index in [-0.39, 0.29) is 12.4 Å². The number of hydrogen-bond donors (Lipinski definition) is 1. The van der Waals surface area contributed by atoms with E-state index in [1.165, 1.54) is 17.5 Å². The van der Waals surface area contributed by atoms with E-state index in [2.05, 4.69) is 37.4 Å². The van der Waals surface area contributed by atoms with E-state index in [9.17, 15) is 0 Å². The van der Waals surface area contributed by atoms with Gasteiger partial charge in [0.1, 0.15) is 0 Å². The monoisotopic (exact) mass is 259 g/mol. The SMILES string of the molecule is Cc1ccc([C@@H]2CCNC[C@@H]2C)c(Cl)c1.Cl. The maximum atomic E-state index is 6.31. The van der Waals surface area contributed by atoms with Crippen LogP contribution >= 0.6 is 24.0 Å². The van der Waals surface area contributed by atoms with Gasteiger partial charge in [-0.15, -0.1) is 12.4 Å². The van der Waals surface area contributed by atoms with E-state index >= 15 is 0 Å². The smallest absolute Gasteiger partial charge is 0.0443 e. The Labute approximate surface area is 109 Å². The highest BCUT2D eigenvalue weighted by Crippen LogP contribution is 2.34. The van der Waals surface area contributed by atoms with Crippen LogP contribution in [0.5, 0.6) is 0 Å². The molecule has 0 spiro atoms. The number of piperidine rings is 1. The van der Waals surface area contributed by atoms with Crippen molar-refractivity contribution in [2.24, 2.45) is 5.92 Å². The van der Waals surface area contributed by atoms with E-state index in [4.69, 9.17) is 11.6 Å². The predicted molar refractivity (Wildman–Crippen MR) is 72.8 cm³/mol. The molecule has 2 rings (SSSR count). The standard InChI is InChI=1S/C13H18ClN.ClH/c1-9-3-4-12(13(14)7-9)11-5-6-15-8-10(11)2;/h3-4,7,10-11,15H,5-6,8H2,1-2H3;1H/t10-,11+;/m0./s1. The molecule has 0 radical (unpaired) electrons. The zero-order valence-electron chi connectivity index (χ0n) is 9.79. The van der Waals surface area contributed by atoms with E-state index < -0.39 is 0 Å². The zero-order valence-corrected chi connectivity index (χ0v) is 11.4. The molecule has 0 saturated carbocycles. The van der Waals surface area contributed by atoms with Crippen LogP contribution in [-0.2, 0) is 0 Å². The lowest BCUT2D eigenvalue weighted by molar-refractivity contribution is 0.349. The molecule has 1 aromatic rings. The molecule has 0 aromatic heterocycles. The summed E-state index contributed by atoms with van der Waals surface area (Å²) in [6.07, 6.45) is 1.20. The average molecular weight is 260 g/mol. The number of halogens is 2. The van der Waals surface area contributed by atoms with Crippen molar-refractivity contribution in [2.45, 2.75) is 26.2 Å². The summed E-state index contributed by atoms with van der Waals surface area (Å²) in [6, 6.07) is 6.44. The maximum absolute atomic E-state index is 6.31. The highest BCUT2D eigenvalue weighted by Gasteiger charge is 2.24. The molecular weight excluding hydrogens is 241 g/mol. The fourth-order valence-electron chi connectivity index (χ4n) is 2.41. The van der Waals surface area contributed by atoms with Crippen molar-refractivity contribution in [1.82, 2.24) is 5.32 Å². The Balaban J connectivity index is 0.00000128. The summed E-state index contributed by atoms with van der Waals surface area (Å²) < 4.78 is 0. The Hall–Kier alpha value is -0.240. The number of hydrogen-bond acceptors (Lipinski definition) is 1. The summed E-state index contributed by atoms with van der Waals surface area (Å²) in [6.45, 7) is 6.60. The number of aryl methyl sites for hydroxylation is 1. The Morgan fingerprint density at radius 1 is 1.38 bits per heavy atom. The molecule has 1 saturated heterocycles. The molecule has 1 fully saturated rings. The normalized spacial score (nSPS) is 24.9. The van der Waals surface area contributed by atoms with Crippen LogP contribution in [0.4, 0.5) is 0 Å². The molecule has 0 amide bonds. The van der Waals surface area contributed by atoms with Gasteiger partial charge >= 0.3 is 0 Å². The molecule has 0 unspecified atom stereocenters. The van der Waals surface area contributed by atoms with Crippen LogP contribution < -0.4 is 5.32 Å². The molecule has 1 aliphatic rings. The first kappa shape index (κ1) is 13.8. The van der Waals surface area contributed by atoms with Crippen molar-refractivity contribution in [3.63, 3.8) is 0 Å². The fraction of sp³-hybridized carbons (Fsp3) is 0.538. The van der Waals surface area contributed by atoms with E-state index in [0.717, 1.165) is 18.1 Å². The van der Waals surface area contributed by atoms with Crippen LogP contribution in [0, 0.1) is 12.8 Å². The fourth-order valence-corrected chi connectivity index (χ4v) is 2.78. The molecule has 1 nitrogen and oxygen atoms in total. The Kier molecular flexibility index (Phi) is 5.10. The number of rotatable bonds is 1. The third-order valence-electron chi connectivity index (χ3n) is 3.34. The lowest BCUT2D eigenvalue weighted by atomic mass is 9.82. The summed E-state index contributed by atoms with van der Waals surface area (Å²) in [4.78, 5) is 0. The van der Waals surface area contributed by atoms with Gasteiger partial charge < -0.3 is 5.32 Å². The van der Waals surface area contributed by atoms with Gasteiger partial charge in [0.05, 0.1) is 0 Å². The molecule has 0 aliphatic carbocycles. The van der Waals surface area contributed by atoms with Crippen LogP contribution in [-0.4, -0.2) is 13.1 Å². The quantitative estimate of drug-likeness (QED) is 0.810. The molecule has 0 bridgehead atoms. The van der Waals surface area contributed by atoms with Gasteiger partial charge in [0, 0.05) is 5.02 Å². The van der Waals surface area contributed by atoms with Crippen molar-refractivity contribution in [1.29, 1.82) is 0 Å². The van der Waals surface area contributed by atoms with E-state index in [1.807, 2.05) is 0 Å². The maximum Gasteiger partial charge on any atom is 0.0443 e. The Morgan fingerprint density at radius 2 is 2.12 bits per heavy atom. The molecule has 1 N–H and O–H groups in total. The predicted octanol–water partition coefficient (Wildman–Crippen LogP) is 3.78. The Morgan fingerprint density at radius 3 is 2.75 bits per heavy atom. The molecule has 3 heteroatoms. The molecule has 1 aromatic carbocycles. The third-order valence-corrected chi connectivity index (χ3v) is 3.67. The van der Waals surface area contributed by atoms with Gasteiger partial charge in [0.25, 0.3) is 0 Å². The lowest BCUT2D eigenvalue weighted by Crippen LogP contribution is -2.33. The van der Waals surface area contributed by atoms with Crippen LogP contribution in [0.25, 0.3) is 0 Å². The molecule has 2 atom stereocenters. The zero-order chi connectivity index (χ0) is 10.8. The second-order valence-electron chi connectivity index (χ2n) is 4.60. The average Bonchev–Trinajstić information content (AvgIpc) is 2.20. The van der Waals surface area contributed by atoms with Gasteiger partial charge in [-0.1, -0.05) is 30.7 Å². The summed E-state index contributed by atoms with van der Waals surface area (Å²) in [5.41, 5.74) is 2.57. The summed E-state index contributed by atoms with van der Waals surface area (Å²) in [5.74, 6) is 1.30. The topological polar surface area (TPSA) is 12.0 Å². The van der Waals surface area contributed by atoms with Crippen molar-refractivity contribution >= 4 is 24.0 Å². The van der Waals surface area contributed by atoms with Crippen LogP contribution in [0.15, 0.2) is 18.2 Å². The first-order valence-corrected chi connectivity index (χ1v) is 6.03. The molecule has 90 valence electrons. The van der Waals surface area contributed by atoms with Gasteiger partial charge in [-0.2, -0.15) is 0 Å². The summed E-state index contributed by atoms with van der Waals surface area (Å²) in [5, 5.41) is 4.36. The summed E-state index contributed by atoms with van der Waals surface area (Å²) >= 11 is 6.31. The van der Waals surface area contributed by atoms with Crippen LogP contribution in [0.3, 0.4) is 0 Å². The highest BCUT2D eigenvalue weighted by atomic mass is 35.5. The number of nitrogens with one attached hydrogen (secondary N) is 1. The second-order valence-corrected chi connectivity index (χ2v) is 5.01.